The van der Waals surface area contributed by atoms with E-state index in [1.807, 2.05) is 32.9 Å². The van der Waals surface area contributed by atoms with Gasteiger partial charge >= 0.3 is 14.8 Å². The molecule has 0 aromatic heterocycles. The predicted octanol–water partition coefficient (Wildman–Crippen LogP) is 8.86. The fraction of sp³-hybridized carbons (Fsp3) is 0.545. The molecule has 1 saturated carbocycles. The van der Waals surface area contributed by atoms with E-state index in [1.165, 1.54) is 63.0 Å². The van der Waals surface area contributed by atoms with Crippen LogP contribution in [0.3, 0.4) is 0 Å². The van der Waals surface area contributed by atoms with Crippen LogP contribution in [-0.4, -0.2) is 34.6 Å². The first-order valence-electron chi connectivity index (χ1n) is 15.1. The van der Waals surface area contributed by atoms with Crippen molar-refractivity contribution in [3.8, 4) is 16.9 Å². The van der Waals surface area contributed by atoms with Crippen LogP contribution in [-0.2, 0) is 18.1 Å². The number of benzene rings is 2. The molecule has 0 amide bonds. The quantitative estimate of drug-likeness (QED) is 0.0663. The molecule has 3 rings (SSSR count). The lowest BCUT2D eigenvalue weighted by atomic mass is 9.77. The van der Waals surface area contributed by atoms with Gasteiger partial charge in [0.25, 0.3) is 0 Å². The summed E-state index contributed by atoms with van der Waals surface area (Å²) >= 11 is 0. The Morgan fingerprint density at radius 2 is 1.52 bits per heavy atom. The highest BCUT2D eigenvalue weighted by Gasteiger charge is 2.42. The average molecular weight is 571 g/mol. The zero-order valence-electron chi connectivity index (χ0n) is 24.8. The second kappa shape index (κ2) is 16.2. The smallest absolute Gasteiger partial charge is 0.423 e. The summed E-state index contributed by atoms with van der Waals surface area (Å²) in [4.78, 5) is 12.8. The molecule has 0 bridgehead atoms. The van der Waals surface area contributed by atoms with Gasteiger partial charge in [-0.05, 0) is 81.5 Å². The molecule has 7 heteroatoms. The van der Waals surface area contributed by atoms with Crippen molar-refractivity contribution in [3.05, 3.63) is 66.0 Å². The number of carbonyl (C=O) groups excluding carboxylic acids is 1. The van der Waals surface area contributed by atoms with Crippen LogP contribution in [0.1, 0.15) is 90.5 Å². The summed E-state index contributed by atoms with van der Waals surface area (Å²) in [5.74, 6) is 0.484. The highest BCUT2D eigenvalue weighted by atomic mass is 28.4. The van der Waals surface area contributed by atoms with Gasteiger partial charge in [-0.15, -0.1) is 0 Å². The predicted molar refractivity (Wildman–Crippen MR) is 161 cm³/mol. The van der Waals surface area contributed by atoms with Crippen LogP contribution in [0.4, 0.5) is 4.39 Å². The van der Waals surface area contributed by atoms with Gasteiger partial charge in [0.15, 0.2) is 0 Å². The second-order valence-electron chi connectivity index (χ2n) is 10.6. The molecule has 0 heterocycles. The molecule has 0 saturated heterocycles. The first-order valence-corrected chi connectivity index (χ1v) is 17.0. The maximum Gasteiger partial charge on any atom is 0.505 e. The van der Waals surface area contributed by atoms with Gasteiger partial charge in [-0.3, -0.25) is 0 Å². The van der Waals surface area contributed by atoms with Gasteiger partial charge in [0.2, 0.25) is 0 Å². The maximum absolute atomic E-state index is 15.1. The Hall–Kier alpha value is -2.32. The molecule has 1 aliphatic rings. The van der Waals surface area contributed by atoms with Crippen molar-refractivity contribution in [2.24, 2.45) is 5.92 Å². The molecule has 2 aromatic carbocycles. The van der Waals surface area contributed by atoms with Crippen molar-refractivity contribution in [3.63, 3.8) is 0 Å². The second-order valence-corrected chi connectivity index (χ2v) is 13.2. The molecule has 0 atom stereocenters. The number of hydrogen-bond acceptors (Lipinski definition) is 5. The summed E-state index contributed by atoms with van der Waals surface area (Å²) in [5, 5.41) is 0. The van der Waals surface area contributed by atoms with Crippen molar-refractivity contribution < 1.29 is 27.2 Å². The summed E-state index contributed by atoms with van der Waals surface area (Å²) in [6.07, 6.45) is 10.4. The standard InChI is InChI=1S/C33H47FO5Si/c1-6-10-11-12-26-13-15-27(16-14-26)28-17-19-29(20-18-28)31-22-21-30(23-32(31)34)39-33(35)25(5)24-40(36-7-2,37-8-3)38-9-4/h17-23,26-27H,5-16,24H2,1-4H3. The van der Waals surface area contributed by atoms with E-state index in [0.29, 0.717) is 31.3 Å². The Bertz CT molecular complexity index is 1060. The Balaban J connectivity index is 1.59. The zero-order valence-corrected chi connectivity index (χ0v) is 25.8. The molecule has 0 radical (unpaired) electrons. The van der Waals surface area contributed by atoms with Crippen LogP contribution in [0.15, 0.2) is 54.6 Å². The molecule has 220 valence electrons. The number of halogens is 1. The van der Waals surface area contributed by atoms with E-state index in [1.54, 1.807) is 12.1 Å². The van der Waals surface area contributed by atoms with Crippen molar-refractivity contribution in [2.45, 2.75) is 91.0 Å². The number of hydrogen-bond donors (Lipinski definition) is 0. The van der Waals surface area contributed by atoms with Crippen LogP contribution in [0.25, 0.3) is 11.1 Å². The molecular formula is C33H47FO5Si. The van der Waals surface area contributed by atoms with E-state index >= 15 is 4.39 Å². The molecule has 1 aliphatic carbocycles. The molecule has 40 heavy (non-hydrogen) atoms. The lowest BCUT2D eigenvalue weighted by Gasteiger charge is -2.29. The molecule has 5 nitrogen and oxygen atoms in total. The molecule has 0 N–H and O–H groups in total. The molecule has 0 unspecified atom stereocenters. The van der Waals surface area contributed by atoms with Gasteiger partial charge in [-0.2, -0.15) is 0 Å². The third-order valence-electron chi connectivity index (χ3n) is 7.72. The van der Waals surface area contributed by atoms with Gasteiger partial charge in [0.1, 0.15) is 11.6 Å². The van der Waals surface area contributed by atoms with E-state index in [9.17, 15) is 4.79 Å². The Morgan fingerprint density at radius 3 is 2.08 bits per heavy atom. The van der Waals surface area contributed by atoms with E-state index in [0.717, 1.165) is 11.5 Å². The largest absolute Gasteiger partial charge is 0.505 e. The van der Waals surface area contributed by atoms with Crippen molar-refractivity contribution >= 4 is 14.8 Å². The number of esters is 1. The van der Waals surface area contributed by atoms with Gasteiger partial charge in [-0.25, -0.2) is 9.18 Å². The van der Waals surface area contributed by atoms with Gasteiger partial charge < -0.3 is 18.0 Å². The van der Waals surface area contributed by atoms with E-state index in [4.69, 9.17) is 18.0 Å². The van der Waals surface area contributed by atoms with Gasteiger partial charge in [0, 0.05) is 43.1 Å². The highest BCUT2D eigenvalue weighted by molar-refractivity contribution is 6.62. The van der Waals surface area contributed by atoms with Crippen molar-refractivity contribution in [1.82, 2.24) is 0 Å². The lowest BCUT2D eigenvalue weighted by Crippen LogP contribution is -2.47. The Morgan fingerprint density at radius 1 is 0.900 bits per heavy atom. The number of carbonyl (C=O) groups is 1. The number of ether oxygens (including phenoxy) is 1. The minimum Gasteiger partial charge on any atom is -0.423 e. The topological polar surface area (TPSA) is 54.0 Å². The highest BCUT2D eigenvalue weighted by Crippen LogP contribution is 2.38. The molecule has 0 spiro atoms. The van der Waals surface area contributed by atoms with Crippen molar-refractivity contribution in [1.29, 1.82) is 0 Å². The minimum atomic E-state index is -3.11. The lowest BCUT2D eigenvalue weighted by molar-refractivity contribution is -0.130. The Labute approximate surface area is 241 Å². The van der Waals surface area contributed by atoms with Crippen LogP contribution in [0.2, 0.25) is 6.04 Å². The van der Waals surface area contributed by atoms with Gasteiger partial charge in [-0.1, -0.05) is 63.5 Å². The Kier molecular flexibility index (Phi) is 13.0. The minimum absolute atomic E-state index is 0.106. The van der Waals surface area contributed by atoms with E-state index < -0.39 is 20.6 Å². The average Bonchev–Trinajstić information content (AvgIpc) is 2.94. The third-order valence-corrected chi connectivity index (χ3v) is 10.8. The fourth-order valence-electron chi connectivity index (χ4n) is 5.65. The summed E-state index contributed by atoms with van der Waals surface area (Å²) in [6.45, 7) is 12.8. The summed E-state index contributed by atoms with van der Waals surface area (Å²) < 4.78 is 38.0. The summed E-state index contributed by atoms with van der Waals surface area (Å²) in [6, 6.07) is 12.9. The first kappa shape index (κ1) is 32.2. The number of rotatable bonds is 16. The van der Waals surface area contributed by atoms with E-state index in [-0.39, 0.29) is 17.4 Å². The number of unbranched alkanes of at least 4 members (excludes halogenated alkanes) is 2. The molecule has 1 fully saturated rings. The zero-order chi connectivity index (χ0) is 29.0. The van der Waals surface area contributed by atoms with Crippen molar-refractivity contribution in [2.75, 3.05) is 19.8 Å². The molecule has 0 aliphatic heterocycles. The summed E-state index contributed by atoms with van der Waals surface area (Å²) in [5.41, 5.74) is 2.78. The van der Waals surface area contributed by atoms with Crippen LogP contribution in [0.5, 0.6) is 5.75 Å². The first-order chi connectivity index (χ1) is 19.3. The SMILES string of the molecule is C=C(C[Si](OCC)(OCC)OCC)C(=O)Oc1ccc(-c2ccc(C3CCC(CCCCC)CC3)cc2)c(F)c1. The van der Waals surface area contributed by atoms with Crippen LogP contribution >= 0.6 is 0 Å². The van der Waals surface area contributed by atoms with Gasteiger partial charge in [0.05, 0.1) is 0 Å². The third kappa shape index (κ3) is 9.10. The van der Waals surface area contributed by atoms with Crippen LogP contribution < -0.4 is 4.74 Å². The monoisotopic (exact) mass is 570 g/mol. The summed E-state index contributed by atoms with van der Waals surface area (Å²) in [7, 11) is -3.11. The van der Waals surface area contributed by atoms with Crippen LogP contribution in [0, 0.1) is 11.7 Å². The fourth-order valence-corrected chi connectivity index (χ4v) is 8.19. The molecular weight excluding hydrogens is 523 g/mol. The maximum atomic E-state index is 15.1. The molecule has 2 aromatic rings. The normalized spacial score (nSPS) is 17.5. The van der Waals surface area contributed by atoms with E-state index in [2.05, 4.69) is 25.6 Å².